The molecule has 0 saturated carbocycles. The first-order valence-corrected chi connectivity index (χ1v) is 5.09. The van der Waals surface area contributed by atoms with Gasteiger partial charge in [0.05, 0.1) is 6.10 Å². The molecule has 0 saturated heterocycles. The Hall–Kier alpha value is -0.470. The molecule has 1 rings (SSSR count). The molecule has 0 aromatic heterocycles. The lowest BCUT2D eigenvalue weighted by Gasteiger charge is -2.04. The van der Waals surface area contributed by atoms with E-state index in [0.717, 1.165) is 5.56 Å². The van der Waals surface area contributed by atoms with Crippen LogP contribution in [0.5, 0.6) is 0 Å². The van der Waals surface area contributed by atoms with Crippen molar-refractivity contribution in [2.24, 2.45) is 0 Å². The number of aliphatic hydroxyl groups is 1. The molecule has 0 aliphatic carbocycles. The Kier molecular flexibility index (Phi) is 3.63. The second kappa shape index (κ2) is 4.53. The molecule has 0 aliphatic heterocycles. The monoisotopic (exact) mass is 181 g/mol. The van der Waals surface area contributed by atoms with Crippen molar-refractivity contribution in [2.75, 3.05) is 6.26 Å². The molecule has 0 fully saturated rings. The average molecular weight is 181 g/mol. The van der Waals surface area contributed by atoms with Crippen molar-refractivity contribution in [1.82, 2.24) is 0 Å². The van der Waals surface area contributed by atoms with Crippen LogP contribution in [0.15, 0.2) is 29.2 Å². The molecule has 65 valence electrons. The molecule has 0 amide bonds. The summed E-state index contributed by atoms with van der Waals surface area (Å²) in [6.07, 6.45) is 2.19. The van der Waals surface area contributed by atoms with Gasteiger partial charge in [-0.15, -0.1) is 11.8 Å². The number of aliphatic hydroxyl groups excluding tert-OH is 1. The smallest absolute Gasteiger partial charge is 0.0581 e. The van der Waals surface area contributed by atoms with Crippen molar-refractivity contribution < 1.29 is 5.11 Å². The van der Waals surface area contributed by atoms with Crippen LogP contribution in [0.1, 0.15) is 5.56 Å². The zero-order valence-corrected chi connectivity index (χ0v) is 7.97. The van der Waals surface area contributed by atoms with E-state index in [1.807, 2.05) is 18.4 Å². The first kappa shape index (κ1) is 9.62. The van der Waals surface area contributed by atoms with Crippen LogP contribution in [0.3, 0.4) is 0 Å². The van der Waals surface area contributed by atoms with Gasteiger partial charge in [-0.25, -0.2) is 0 Å². The normalized spacial score (nSPS) is 12.9. The SMILES string of the molecule is [CH2]C(O)Cc1ccc(SC)cc1. The van der Waals surface area contributed by atoms with E-state index in [4.69, 9.17) is 5.11 Å². The maximum Gasteiger partial charge on any atom is 0.0581 e. The molecule has 0 aliphatic rings. The third kappa shape index (κ3) is 2.88. The van der Waals surface area contributed by atoms with Crippen LogP contribution in [0.2, 0.25) is 0 Å². The van der Waals surface area contributed by atoms with E-state index in [9.17, 15) is 0 Å². The molecule has 1 atom stereocenters. The van der Waals surface area contributed by atoms with E-state index in [-0.39, 0.29) is 0 Å². The first-order valence-electron chi connectivity index (χ1n) is 3.86. The Balaban J connectivity index is 2.65. The summed E-state index contributed by atoms with van der Waals surface area (Å²) in [6.45, 7) is 3.53. The van der Waals surface area contributed by atoms with Gasteiger partial charge in [-0.1, -0.05) is 12.1 Å². The highest BCUT2D eigenvalue weighted by atomic mass is 32.2. The van der Waals surface area contributed by atoms with Crippen LogP contribution in [0.4, 0.5) is 0 Å². The number of hydrogen-bond acceptors (Lipinski definition) is 2. The van der Waals surface area contributed by atoms with E-state index in [1.165, 1.54) is 4.90 Å². The number of thioether (sulfide) groups is 1. The van der Waals surface area contributed by atoms with E-state index in [1.54, 1.807) is 11.8 Å². The molecule has 1 N–H and O–H groups in total. The van der Waals surface area contributed by atoms with Crippen LogP contribution in [0, 0.1) is 6.92 Å². The number of rotatable bonds is 3. The van der Waals surface area contributed by atoms with E-state index < -0.39 is 6.10 Å². The molecule has 1 aromatic rings. The Morgan fingerprint density at radius 2 is 2.00 bits per heavy atom. The van der Waals surface area contributed by atoms with Crippen molar-refractivity contribution in [2.45, 2.75) is 17.4 Å². The maximum atomic E-state index is 9.02. The zero-order chi connectivity index (χ0) is 8.97. The molecule has 1 aromatic carbocycles. The van der Waals surface area contributed by atoms with Crippen molar-refractivity contribution >= 4 is 11.8 Å². The fourth-order valence-corrected chi connectivity index (χ4v) is 1.44. The molecule has 12 heavy (non-hydrogen) atoms. The van der Waals surface area contributed by atoms with Gasteiger partial charge < -0.3 is 5.11 Å². The largest absolute Gasteiger partial charge is 0.393 e. The summed E-state index contributed by atoms with van der Waals surface area (Å²) in [5.41, 5.74) is 1.13. The van der Waals surface area contributed by atoms with E-state index >= 15 is 0 Å². The Morgan fingerprint density at radius 3 is 2.42 bits per heavy atom. The fraction of sp³-hybridized carbons (Fsp3) is 0.300. The zero-order valence-electron chi connectivity index (χ0n) is 7.16. The van der Waals surface area contributed by atoms with Crippen molar-refractivity contribution in [3.05, 3.63) is 36.8 Å². The minimum atomic E-state index is -0.495. The minimum Gasteiger partial charge on any atom is -0.393 e. The van der Waals surface area contributed by atoms with Gasteiger partial charge in [0.25, 0.3) is 0 Å². The van der Waals surface area contributed by atoms with Crippen LogP contribution in [-0.4, -0.2) is 17.5 Å². The van der Waals surface area contributed by atoms with Gasteiger partial charge in [-0.2, -0.15) is 0 Å². The average Bonchev–Trinajstić information content (AvgIpc) is 2.05. The summed E-state index contributed by atoms with van der Waals surface area (Å²) in [6, 6.07) is 8.17. The van der Waals surface area contributed by atoms with Crippen LogP contribution in [0.25, 0.3) is 0 Å². The maximum absolute atomic E-state index is 9.02. The molecule has 0 bridgehead atoms. The van der Waals surface area contributed by atoms with Gasteiger partial charge in [0.2, 0.25) is 0 Å². The van der Waals surface area contributed by atoms with E-state index in [2.05, 4.69) is 19.1 Å². The Labute approximate surface area is 77.8 Å². The summed E-state index contributed by atoms with van der Waals surface area (Å²) < 4.78 is 0. The third-order valence-electron chi connectivity index (χ3n) is 1.63. The lowest BCUT2D eigenvalue weighted by atomic mass is 10.1. The van der Waals surface area contributed by atoms with Crippen molar-refractivity contribution in [3.8, 4) is 0 Å². The van der Waals surface area contributed by atoms with Crippen molar-refractivity contribution in [1.29, 1.82) is 0 Å². The molecule has 1 radical (unpaired) electrons. The highest BCUT2D eigenvalue weighted by Gasteiger charge is 1.98. The summed E-state index contributed by atoms with van der Waals surface area (Å²) >= 11 is 1.72. The van der Waals surface area contributed by atoms with Gasteiger partial charge in [-0.3, -0.25) is 0 Å². The lowest BCUT2D eigenvalue weighted by molar-refractivity contribution is 0.221. The van der Waals surface area contributed by atoms with Gasteiger partial charge in [0, 0.05) is 4.90 Å². The molecule has 1 nitrogen and oxygen atoms in total. The fourth-order valence-electron chi connectivity index (χ4n) is 1.03. The highest BCUT2D eigenvalue weighted by molar-refractivity contribution is 7.98. The summed E-state index contributed by atoms with van der Waals surface area (Å²) in [5.74, 6) is 0. The molecular formula is C10H13OS. The van der Waals surface area contributed by atoms with Crippen LogP contribution >= 0.6 is 11.8 Å². The predicted octanol–water partition coefficient (Wildman–Crippen LogP) is 2.15. The van der Waals surface area contributed by atoms with Gasteiger partial charge in [-0.05, 0) is 37.3 Å². The second-order valence-corrected chi connectivity index (χ2v) is 3.59. The summed E-state index contributed by atoms with van der Waals surface area (Å²) in [5, 5.41) is 9.02. The quantitative estimate of drug-likeness (QED) is 0.721. The topological polar surface area (TPSA) is 20.2 Å². The highest BCUT2D eigenvalue weighted by Crippen LogP contribution is 2.15. The summed E-state index contributed by atoms with van der Waals surface area (Å²) in [4.78, 5) is 1.25. The lowest BCUT2D eigenvalue weighted by Crippen LogP contribution is -2.04. The van der Waals surface area contributed by atoms with Crippen molar-refractivity contribution in [3.63, 3.8) is 0 Å². The molecule has 0 spiro atoms. The van der Waals surface area contributed by atoms with Crippen LogP contribution in [-0.2, 0) is 6.42 Å². The second-order valence-electron chi connectivity index (χ2n) is 2.71. The third-order valence-corrected chi connectivity index (χ3v) is 2.37. The number of benzene rings is 1. The Bertz CT molecular complexity index is 228. The van der Waals surface area contributed by atoms with Gasteiger partial charge in [0.1, 0.15) is 0 Å². The molecular weight excluding hydrogens is 168 g/mol. The molecule has 1 unspecified atom stereocenters. The van der Waals surface area contributed by atoms with Gasteiger partial charge >= 0.3 is 0 Å². The molecule has 0 heterocycles. The van der Waals surface area contributed by atoms with Crippen LogP contribution < -0.4 is 0 Å². The predicted molar refractivity (Wildman–Crippen MR) is 53.3 cm³/mol. The minimum absolute atomic E-state index is 0.495. The first-order chi connectivity index (χ1) is 5.72. The summed E-state index contributed by atoms with van der Waals surface area (Å²) in [7, 11) is 0. The standard InChI is InChI=1S/C10H13OS/c1-8(11)7-9-3-5-10(12-2)6-4-9/h3-6,8,11H,1,7H2,2H3. The van der Waals surface area contributed by atoms with Gasteiger partial charge in [0.15, 0.2) is 0 Å². The Morgan fingerprint density at radius 1 is 1.42 bits per heavy atom. The van der Waals surface area contributed by atoms with E-state index in [0.29, 0.717) is 6.42 Å². The number of hydrogen-bond donors (Lipinski definition) is 1. The molecule has 2 heteroatoms.